The van der Waals surface area contributed by atoms with E-state index in [4.69, 9.17) is 21.4 Å². The lowest BCUT2D eigenvalue weighted by molar-refractivity contribution is -0.152. The molecule has 1 saturated heterocycles. The fraction of sp³-hybridized carbons (Fsp3) is 0.429. The molecule has 0 radical (unpaired) electrons. The van der Waals surface area contributed by atoms with E-state index < -0.39 is 12.0 Å². The molecule has 0 aliphatic carbocycles. The monoisotopic (exact) mass is 297 g/mol. The van der Waals surface area contributed by atoms with Gasteiger partial charge in [-0.25, -0.2) is 4.79 Å². The molecule has 0 aromatic heterocycles. The standard InChI is InChI=1S/C14H16ClNO4/c15-10-4-3-5-11(8-10)20-9-13(17)16-7-2-1-6-12(16)14(18)19/h3-5,8,12H,1-2,6-7,9H2,(H,18,19)/t12-/m1/s1. The number of ether oxygens (including phenoxy) is 1. The number of carboxylic acid groups (broad SMARTS) is 1. The van der Waals surface area contributed by atoms with Crippen LogP contribution in [0.4, 0.5) is 0 Å². The number of likely N-dealkylation sites (tertiary alicyclic amines) is 1. The lowest BCUT2D eigenvalue weighted by Crippen LogP contribution is -2.49. The smallest absolute Gasteiger partial charge is 0.326 e. The molecule has 1 atom stereocenters. The second-order valence-corrected chi connectivity index (χ2v) is 5.12. The number of halogens is 1. The molecule has 5 nitrogen and oxygen atoms in total. The first-order chi connectivity index (χ1) is 9.58. The Labute approximate surface area is 122 Å². The van der Waals surface area contributed by atoms with Crippen LogP contribution < -0.4 is 4.74 Å². The third kappa shape index (κ3) is 3.63. The van der Waals surface area contributed by atoms with Crippen LogP contribution in [0, 0.1) is 0 Å². The van der Waals surface area contributed by atoms with Crippen molar-refractivity contribution >= 4 is 23.5 Å². The first kappa shape index (κ1) is 14.7. The van der Waals surface area contributed by atoms with E-state index in [1.807, 2.05) is 0 Å². The van der Waals surface area contributed by atoms with Crippen LogP contribution in [0.1, 0.15) is 19.3 Å². The maximum absolute atomic E-state index is 12.1. The summed E-state index contributed by atoms with van der Waals surface area (Å²) < 4.78 is 5.36. The predicted octanol–water partition coefficient (Wildman–Crippen LogP) is 2.18. The molecule has 20 heavy (non-hydrogen) atoms. The topological polar surface area (TPSA) is 66.8 Å². The van der Waals surface area contributed by atoms with Crippen LogP contribution in [0.15, 0.2) is 24.3 Å². The van der Waals surface area contributed by atoms with Gasteiger partial charge in [0.25, 0.3) is 5.91 Å². The van der Waals surface area contributed by atoms with E-state index in [0.29, 0.717) is 23.7 Å². The summed E-state index contributed by atoms with van der Waals surface area (Å²) in [6.45, 7) is 0.291. The highest BCUT2D eigenvalue weighted by Crippen LogP contribution is 2.19. The molecule has 0 saturated carbocycles. The number of nitrogens with zero attached hydrogens (tertiary/aromatic N) is 1. The number of hydrogen-bond donors (Lipinski definition) is 1. The van der Waals surface area contributed by atoms with Gasteiger partial charge in [-0.2, -0.15) is 0 Å². The summed E-state index contributed by atoms with van der Waals surface area (Å²) in [7, 11) is 0. The van der Waals surface area contributed by atoms with Gasteiger partial charge in [0.2, 0.25) is 0 Å². The third-order valence-electron chi connectivity index (χ3n) is 3.27. The molecule has 0 spiro atoms. The summed E-state index contributed by atoms with van der Waals surface area (Å²) in [6.07, 6.45) is 2.15. The summed E-state index contributed by atoms with van der Waals surface area (Å²) >= 11 is 5.82. The van der Waals surface area contributed by atoms with Gasteiger partial charge in [-0.15, -0.1) is 0 Å². The normalized spacial score (nSPS) is 18.6. The van der Waals surface area contributed by atoms with Crippen molar-refractivity contribution < 1.29 is 19.4 Å². The Morgan fingerprint density at radius 1 is 1.40 bits per heavy atom. The number of aliphatic carboxylic acids is 1. The number of rotatable bonds is 4. The molecular formula is C14H16ClNO4. The molecule has 2 rings (SSSR count). The number of piperidine rings is 1. The average molecular weight is 298 g/mol. The van der Waals surface area contributed by atoms with Crippen molar-refractivity contribution in [1.29, 1.82) is 0 Å². The molecule has 0 unspecified atom stereocenters. The number of hydrogen-bond acceptors (Lipinski definition) is 3. The fourth-order valence-corrected chi connectivity index (χ4v) is 2.45. The highest BCUT2D eigenvalue weighted by molar-refractivity contribution is 6.30. The highest BCUT2D eigenvalue weighted by atomic mass is 35.5. The zero-order chi connectivity index (χ0) is 14.5. The molecule has 1 aromatic carbocycles. The van der Waals surface area contributed by atoms with Crippen LogP contribution in [-0.4, -0.2) is 41.1 Å². The van der Waals surface area contributed by atoms with E-state index in [1.54, 1.807) is 24.3 Å². The van der Waals surface area contributed by atoms with E-state index in [2.05, 4.69) is 0 Å². The lowest BCUT2D eigenvalue weighted by atomic mass is 10.0. The van der Waals surface area contributed by atoms with Gasteiger partial charge in [-0.3, -0.25) is 4.79 Å². The quantitative estimate of drug-likeness (QED) is 0.925. The molecule has 6 heteroatoms. The van der Waals surface area contributed by atoms with E-state index >= 15 is 0 Å². The molecule has 1 aliphatic rings. The third-order valence-corrected chi connectivity index (χ3v) is 3.50. The predicted molar refractivity (Wildman–Crippen MR) is 73.9 cm³/mol. The summed E-state index contributed by atoms with van der Waals surface area (Å²) in [6, 6.07) is 6.01. The maximum atomic E-state index is 12.1. The van der Waals surface area contributed by atoms with Crippen molar-refractivity contribution in [1.82, 2.24) is 4.90 Å². The van der Waals surface area contributed by atoms with Gasteiger partial charge < -0.3 is 14.7 Å². The van der Waals surface area contributed by atoms with Crippen molar-refractivity contribution in [2.24, 2.45) is 0 Å². The number of amides is 1. The minimum absolute atomic E-state index is 0.176. The Balaban J connectivity index is 1.95. The van der Waals surface area contributed by atoms with Crippen molar-refractivity contribution in [2.75, 3.05) is 13.2 Å². The molecule has 108 valence electrons. The van der Waals surface area contributed by atoms with Gasteiger partial charge in [0.05, 0.1) is 0 Å². The minimum Gasteiger partial charge on any atom is -0.484 e. The molecule has 1 aromatic rings. The zero-order valence-electron chi connectivity index (χ0n) is 10.9. The summed E-state index contributed by atoms with van der Waals surface area (Å²) in [5, 5.41) is 9.65. The van der Waals surface area contributed by atoms with Crippen LogP contribution in [0.5, 0.6) is 5.75 Å². The van der Waals surface area contributed by atoms with E-state index in [9.17, 15) is 9.59 Å². The molecule has 1 heterocycles. The van der Waals surface area contributed by atoms with Gasteiger partial charge in [0.15, 0.2) is 6.61 Å². The molecule has 1 amide bonds. The van der Waals surface area contributed by atoms with Gasteiger partial charge in [-0.05, 0) is 37.5 Å². The Kier molecular flexibility index (Phi) is 4.84. The van der Waals surface area contributed by atoms with E-state index in [0.717, 1.165) is 12.8 Å². The Hall–Kier alpha value is -1.75. The van der Waals surface area contributed by atoms with Crippen LogP contribution in [0.2, 0.25) is 5.02 Å². The van der Waals surface area contributed by atoms with Crippen LogP contribution in [0.25, 0.3) is 0 Å². The first-order valence-electron chi connectivity index (χ1n) is 6.48. The van der Waals surface area contributed by atoms with E-state index in [1.165, 1.54) is 4.90 Å². The van der Waals surface area contributed by atoms with Crippen LogP contribution in [-0.2, 0) is 9.59 Å². The largest absolute Gasteiger partial charge is 0.484 e. The lowest BCUT2D eigenvalue weighted by Gasteiger charge is -2.32. The molecule has 1 N–H and O–H groups in total. The van der Waals surface area contributed by atoms with Gasteiger partial charge in [-0.1, -0.05) is 17.7 Å². The Morgan fingerprint density at radius 2 is 2.20 bits per heavy atom. The van der Waals surface area contributed by atoms with Crippen molar-refractivity contribution in [3.05, 3.63) is 29.3 Å². The minimum atomic E-state index is -0.958. The Morgan fingerprint density at radius 3 is 2.90 bits per heavy atom. The van der Waals surface area contributed by atoms with Gasteiger partial charge >= 0.3 is 5.97 Å². The molecule has 0 bridgehead atoms. The zero-order valence-corrected chi connectivity index (χ0v) is 11.7. The summed E-state index contributed by atoms with van der Waals surface area (Å²) in [5.41, 5.74) is 0. The van der Waals surface area contributed by atoms with Crippen LogP contribution >= 0.6 is 11.6 Å². The summed E-state index contributed by atoms with van der Waals surface area (Å²) in [5.74, 6) is -0.771. The number of carboxylic acids is 1. The van der Waals surface area contributed by atoms with Crippen molar-refractivity contribution in [2.45, 2.75) is 25.3 Å². The molecular weight excluding hydrogens is 282 g/mol. The van der Waals surface area contributed by atoms with Crippen molar-refractivity contribution in [3.8, 4) is 5.75 Å². The molecule has 1 fully saturated rings. The van der Waals surface area contributed by atoms with E-state index in [-0.39, 0.29) is 12.5 Å². The molecule has 1 aliphatic heterocycles. The fourth-order valence-electron chi connectivity index (χ4n) is 2.27. The number of benzene rings is 1. The first-order valence-corrected chi connectivity index (χ1v) is 6.86. The second kappa shape index (κ2) is 6.61. The van der Waals surface area contributed by atoms with Gasteiger partial charge in [0.1, 0.15) is 11.8 Å². The number of carbonyl (C=O) groups excluding carboxylic acids is 1. The second-order valence-electron chi connectivity index (χ2n) is 4.68. The Bertz CT molecular complexity index is 506. The SMILES string of the molecule is O=C(O)[C@H]1CCCCN1C(=O)COc1cccc(Cl)c1. The highest BCUT2D eigenvalue weighted by Gasteiger charge is 2.31. The summed E-state index contributed by atoms with van der Waals surface area (Å²) in [4.78, 5) is 24.6. The van der Waals surface area contributed by atoms with Crippen LogP contribution in [0.3, 0.4) is 0 Å². The van der Waals surface area contributed by atoms with Crippen molar-refractivity contribution in [3.63, 3.8) is 0 Å². The van der Waals surface area contributed by atoms with Gasteiger partial charge in [0, 0.05) is 11.6 Å². The number of carbonyl (C=O) groups is 2. The average Bonchev–Trinajstić information content (AvgIpc) is 2.45. The maximum Gasteiger partial charge on any atom is 0.326 e.